The first-order chi connectivity index (χ1) is 16.3. The van der Waals surface area contributed by atoms with E-state index in [-0.39, 0.29) is 22.9 Å². The summed E-state index contributed by atoms with van der Waals surface area (Å²) in [6.45, 7) is 0. The summed E-state index contributed by atoms with van der Waals surface area (Å²) in [6, 6.07) is 12.5. The Morgan fingerprint density at radius 1 is 0.559 bits per heavy atom. The van der Waals surface area contributed by atoms with Crippen LogP contribution in [0.4, 0.5) is 11.4 Å². The Bertz CT molecular complexity index is 1040. The number of ketones is 2. The first-order valence-electron chi connectivity index (χ1n) is 11.3. The van der Waals surface area contributed by atoms with Crippen LogP contribution < -0.4 is 0 Å². The monoisotopic (exact) mass is 462 g/mol. The molecule has 0 atom stereocenters. The summed E-state index contributed by atoms with van der Waals surface area (Å²) in [5.41, 5.74) is 3.51. The number of non-ortho nitro benzene ring substituents is 2. The SMILES string of the molecule is O=C1CCCC/C1=C/c1ccc([N+](=O)[O-])cc1.O=C1CCCC/C1=C/c1ccc([N+](=O)[O-])cc1. The lowest BCUT2D eigenvalue weighted by molar-refractivity contribution is -0.385. The molecule has 2 aliphatic carbocycles. The van der Waals surface area contributed by atoms with Gasteiger partial charge in [0.1, 0.15) is 0 Å². The van der Waals surface area contributed by atoms with E-state index in [0.29, 0.717) is 12.8 Å². The predicted molar refractivity (Wildman–Crippen MR) is 129 cm³/mol. The van der Waals surface area contributed by atoms with Gasteiger partial charge in [-0.15, -0.1) is 0 Å². The number of Topliss-reactive ketones (excluding diaryl/α,β-unsaturated/α-hetero) is 2. The second kappa shape index (κ2) is 11.8. The molecule has 0 spiro atoms. The zero-order chi connectivity index (χ0) is 24.5. The highest BCUT2D eigenvalue weighted by atomic mass is 16.6. The van der Waals surface area contributed by atoms with Gasteiger partial charge in [-0.25, -0.2) is 0 Å². The molecule has 0 amide bonds. The lowest BCUT2D eigenvalue weighted by Gasteiger charge is -2.12. The first kappa shape index (κ1) is 24.7. The van der Waals surface area contributed by atoms with E-state index in [1.807, 2.05) is 12.2 Å². The molecule has 0 bridgehead atoms. The molecule has 4 rings (SSSR count). The number of carbonyl (C=O) groups excluding carboxylic acids is 2. The summed E-state index contributed by atoms with van der Waals surface area (Å²) in [7, 11) is 0. The Morgan fingerprint density at radius 2 is 0.882 bits per heavy atom. The largest absolute Gasteiger partial charge is 0.295 e. The van der Waals surface area contributed by atoms with Crippen molar-refractivity contribution in [1.29, 1.82) is 0 Å². The third-order valence-corrected chi connectivity index (χ3v) is 5.81. The molecule has 0 aliphatic heterocycles. The third kappa shape index (κ3) is 7.03. The summed E-state index contributed by atoms with van der Waals surface area (Å²) >= 11 is 0. The fourth-order valence-electron chi connectivity index (χ4n) is 3.89. The molecule has 2 aromatic carbocycles. The van der Waals surface area contributed by atoms with Crippen LogP contribution in [-0.4, -0.2) is 21.4 Å². The average Bonchev–Trinajstić information content (AvgIpc) is 2.83. The highest BCUT2D eigenvalue weighted by Gasteiger charge is 2.15. The van der Waals surface area contributed by atoms with Crippen LogP contribution in [0.25, 0.3) is 12.2 Å². The van der Waals surface area contributed by atoms with Crippen molar-refractivity contribution in [3.63, 3.8) is 0 Å². The molecule has 0 unspecified atom stereocenters. The number of nitrogens with zero attached hydrogens (tertiary/aromatic N) is 2. The number of hydrogen-bond donors (Lipinski definition) is 0. The van der Waals surface area contributed by atoms with Gasteiger partial charge in [0.25, 0.3) is 11.4 Å². The molecule has 8 heteroatoms. The molecule has 0 heterocycles. The van der Waals surface area contributed by atoms with Crippen molar-refractivity contribution in [2.75, 3.05) is 0 Å². The van der Waals surface area contributed by atoms with Crippen LogP contribution in [0.15, 0.2) is 59.7 Å². The Balaban J connectivity index is 0.000000191. The molecule has 2 fully saturated rings. The van der Waals surface area contributed by atoms with E-state index in [2.05, 4.69) is 0 Å². The van der Waals surface area contributed by atoms with E-state index in [0.717, 1.165) is 60.8 Å². The lowest BCUT2D eigenvalue weighted by atomic mass is 9.92. The molecule has 0 radical (unpaired) electrons. The summed E-state index contributed by atoms with van der Waals surface area (Å²) in [4.78, 5) is 43.3. The highest BCUT2D eigenvalue weighted by molar-refractivity contribution is 6.00. The normalized spacial score (nSPS) is 18.4. The number of nitro benzene ring substituents is 2. The van der Waals surface area contributed by atoms with Crippen molar-refractivity contribution in [2.24, 2.45) is 0 Å². The molecule has 0 N–H and O–H groups in total. The molecule has 2 aromatic rings. The molecule has 2 aliphatic rings. The van der Waals surface area contributed by atoms with Crippen molar-refractivity contribution >= 4 is 35.1 Å². The summed E-state index contributed by atoms with van der Waals surface area (Å²) in [6.07, 6.45) is 10.6. The van der Waals surface area contributed by atoms with Gasteiger partial charge in [-0.05, 0) is 97.2 Å². The van der Waals surface area contributed by atoms with Crippen LogP contribution in [0.2, 0.25) is 0 Å². The van der Waals surface area contributed by atoms with E-state index in [4.69, 9.17) is 0 Å². The van der Waals surface area contributed by atoms with Crippen molar-refractivity contribution in [3.8, 4) is 0 Å². The van der Waals surface area contributed by atoms with Gasteiger partial charge in [-0.2, -0.15) is 0 Å². The Morgan fingerprint density at radius 3 is 1.18 bits per heavy atom. The maximum atomic E-state index is 11.6. The van der Waals surface area contributed by atoms with Crippen LogP contribution in [0.5, 0.6) is 0 Å². The van der Waals surface area contributed by atoms with Crippen LogP contribution in [-0.2, 0) is 9.59 Å². The van der Waals surface area contributed by atoms with Crippen molar-refractivity contribution in [1.82, 2.24) is 0 Å². The van der Waals surface area contributed by atoms with Crippen LogP contribution >= 0.6 is 0 Å². The quantitative estimate of drug-likeness (QED) is 0.301. The number of nitro groups is 2. The smallest absolute Gasteiger partial charge is 0.269 e. The van der Waals surface area contributed by atoms with Gasteiger partial charge in [0.2, 0.25) is 0 Å². The maximum Gasteiger partial charge on any atom is 0.269 e. The molecular weight excluding hydrogens is 436 g/mol. The maximum absolute atomic E-state index is 11.6. The van der Waals surface area contributed by atoms with Gasteiger partial charge in [0.15, 0.2) is 11.6 Å². The molecule has 0 saturated heterocycles. The first-order valence-corrected chi connectivity index (χ1v) is 11.3. The van der Waals surface area contributed by atoms with Gasteiger partial charge in [0.05, 0.1) is 9.85 Å². The van der Waals surface area contributed by atoms with Crippen molar-refractivity contribution in [2.45, 2.75) is 51.4 Å². The Kier molecular flexibility index (Phi) is 8.56. The number of rotatable bonds is 4. The molecule has 0 aromatic heterocycles. The minimum absolute atomic E-state index is 0.0714. The van der Waals surface area contributed by atoms with E-state index >= 15 is 0 Å². The standard InChI is InChI=1S/2C13H13NO3/c2*15-13-4-2-1-3-11(13)9-10-5-7-12(8-6-10)14(16)17/h2*5-9H,1-4H2/b2*11-9-. The minimum atomic E-state index is -0.428. The van der Waals surface area contributed by atoms with E-state index < -0.39 is 9.85 Å². The van der Waals surface area contributed by atoms with Gasteiger partial charge < -0.3 is 0 Å². The van der Waals surface area contributed by atoms with E-state index in [1.54, 1.807) is 24.3 Å². The molecule has 176 valence electrons. The van der Waals surface area contributed by atoms with Gasteiger partial charge >= 0.3 is 0 Å². The predicted octanol–water partition coefficient (Wildman–Crippen LogP) is 6.24. The Labute approximate surface area is 197 Å². The summed E-state index contributed by atoms with van der Waals surface area (Å²) < 4.78 is 0. The second-order valence-corrected chi connectivity index (χ2v) is 8.30. The molecule has 8 nitrogen and oxygen atoms in total. The summed E-state index contributed by atoms with van der Waals surface area (Å²) in [5.74, 6) is 0.407. The number of allylic oxidation sites excluding steroid dienone is 2. The van der Waals surface area contributed by atoms with Crippen LogP contribution in [0.3, 0.4) is 0 Å². The van der Waals surface area contributed by atoms with E-state index in [1.165, 1.54) is 24.3 Å². The number of hydrogen-bond acceptors (Lipinski definition) is 6. The molecular formula is C26H26N2O6. The fourth-order valence-corrected chi connectivity index (χ4v) is 3.89. The van der Waals surface area contributed by atoms with E-state index in [9.17, 15) is 29.8 Å². The van der Waals surface area contributed by atoms with Crippen molar-refractivity contribution < 1.29 is 19.4 Å². The highest BCUT2D eigenvalue weighted by Crippen LogP contribution is 2.24. The number of benzene rings is 2. The summed E-state index contributed by atoms with van der Waals surface area (Å²) in [5, 5.41) is 21.0. The lowest BCUT2D eigenvalue weighted by Crippen LogP contribution is -2.07. The molecule has 34 heavy (non-hydrogen) atoms. The molecule has 2 saturated carbocycles. The third-order valence-electron chi connectivity index (χ3n) is 5.81. The second-order valence-electron chi connectivity index (χ2n) is 8.30. The zero-order valence-electron chi connectivity index (χ0n) is 18.8. The van der Waals surface area contributed by atoms with Crippen molar-refractivity contribution in [3.05, 3.63) is 91.0 Å². The Hall–Kier alpha value is -3.94. The van der Waals surface area contributed by atoms with Crippen LogP contribution in [0.1, 0.15) is 62.5 Å². The number of carbonyl (C=O) groups is 2. The van der Waals surface area contributed by atoms with Gasteiger partial charge in [-0.3, -0.25) is 29.8 Å². The zero-order valence-corrected chi connectivity index (χ0v) is 18.8. The fraction of sp³-hybridized carbons (Fsp3) is 0.308. The minimum Gasteiger partial charge on any atom is -0.295 e. The topological polar surface area (TPSA) is 120 Å². The van der Waals surface area contributed by atoms with Crippen LogP contribution in [0, 0.1) is 20.2 Å². The van der Waals surface area contributed by atoms with Gasteiger partial charge in [-0.1, -0.05) is 0 Å². The average molecular weight is 463 g/mol. The van der Waals surface area contributed by atoms with Gasteiger partial charge in [0, 0.05) is 37.1 Å².